The second kappa shape index (κ2) is 6.08. The number of benzene rings is 1. The predicted molar refractivity (Wildman–Crippen MR) is 87.8 cm³/mol. The van der Waals surface area contributed by atoms with Gasteiger partial charge in [0.1, 0.15) is 11.6 Å². The molecule has 0 spiro atoms. The number of amides is 1. The van der Waals surface area contributed by atoms with Crippen molar-refractivity contribution in [2.75, 3.05) is 0 Å². The molecule has 1 amide bonds. The van der Waals surface area contributed by atoms with Crippen LogP contribution in [0.3, 0.4) is 0 Å². The molecular weight excluding hydrogens is 288 g/mol. The number of carbonyl (C=O) groups is 1. The van der Waals surface area contributed by atoms with Crippen LogP contribution in [0.5, 0.6) is 0 Å². The molecule has 0 unspecified atom stereocenters. The molecule has 0 bridgehead atoms. The predicted octanol–water partition coefficient (Wildman–Crippen LogP) is 2.69. The van der Waals surface area contributed by atoms with Crippen molar-refractivity contribution in [3.63, 3.8) is 0 Å². The van der Waals surface area contributed by atoms with Crippen molar-refractivity contribution in [3.05, 3.63) is 66.1 Å². The third kappa shape index (κ3) is 2.92. The highest BCUT2D eigenvalue weighted by Gasteiger charge is 2.07. The molecule has 0 aliphatic carbocycles. The van der Waals surface area contributed by atoms with Gasteiger partial charge in [0.2, 0.25) is 0 Å². The van der Waals surface area contributed by atoms with E-state index in [9.17, 15) is 4.79 Å². The molecule has 0 atom stereocenters. The number of hydrogen-bond donors (Lipinski definition) is 1. The Kier molecular flexibility index (Phi) is 3.81. The van der Waals surface area contributed by atoms with E-state index in [1.807, 2.05) is 30.3 Å². The van der Waals surface area contributed by atoms with E-state index in [0.29, 0.717) is 5.56 Å². The Morgan fingerprint density at radius 3 is 2.87 bits per heavy atom. The Morgan fingerprint density at radius 1 is 1.22 bits per heavy atom. The lowest BCUT2D eigenvalue weighted by Crippen LogP contribution is -2.12. The molecule has 0 aliphatic rings. The number of pyridine rings is 2. The fraction of sp³-hybridized carbons (Fsp3) is 0. The van der Waals surface area contributed by atoms with Gasteiger partial charge in [-0.05, 0) is 35.4 Å². The Bertz CT molecular complexity index is 965. The second-order valence-electron chi connectivity index (χ2n) is 4.92. The number of nitrogens with zero attached hydrogens (tertiary/aromatic N) is 3. The molecule has 0 fully saturated rings. The topological polar surface area (TPSA) is 92.7 Å². The van der Waals surface area contributed by atoms with Gasteiger partial charge in [-0.2, -0.15) is 5.26 Å². The van der Waals surface area contributed by atoms with Crippen molar-refractivity contribution in [1.82, 2.24) is 9.97 Å². The van der Waals surface area contributed by atoms with Crippen molar-refractivity contribution in [1.29, 1.82) is 5.26 Å². The molecule has 2 aromatic heterocycles. The van der Waals surface area contributed by atoms with Gasteiger partial charge < -0.3 is 5.73 Å². The number of nitriles is 1. The van der Waals surface area contributed by atoms with E-state index in [1.54, 1.807) is 30.7 Å². The van der Waals surface area contributed by atoms with Crippen molar-refractivity contribution < 1.29 is 4.79 Å². The zero-order valence-corrected chi connectivity index (χ0v) is 12.1. The fourth-order valence-electron chi connectivity index (χ4n) is 2.33. The molecule has 3 aromatic rings. The van der Waals surface area contributed by atoms with Gasteiger partial charge in [0.05, 0.1) is 5.52 Å². The summed E-state index contributed by atoms with van der Waals surface area (Å²) in [6.45, 7) is 0. The number of hydrogen-bond acceptors (Lipinski definition) is 4. The highest BCUT2D eigenvalue weighted by atomic mass is 16.1. The van der Waals surface area contributed by atoms with E-state index in [0.717, 1.165) is 22.0 Å². The molecule has 0 saturated heterocycles. The number of aromatic nitrogens is 2. The summed E-state index contributed by atoms with van der Waals surface area (Å²) in [6, 6.07) is 13.1. The van der Waals surface area contributed by atoms with Gasteiger partial charge in [-0.25, -0.2) is 0 Å². The Hall–Kier alpha value is -3.52. The summed E-state index contributed by atoms with van der Waals surface area (Å²) in [5.41, 5.74) is 8.43. The van der Waals surface area contributed by atoms with Crippen LogP contribution < -0.4 is 5.73 Å². The highest BCUT2D eigenvalue weighted by Crippen LogP contribution is 2.27. The summed E-state index contributed by atoms with van der Waals surface area (Å²) in [5, 5.41) is 9.89. The molecule has 3 rings (SSSR count). The maximum atomic E-state index is 11.2. The lowest BCUT2D eigenvalue weighted by atomic mass is 10.0. The van der Waals surface area contributed by atoms with E-state index in [2.05, 4.69) is 9.97 Å². The van der Waals surface area contributed by atoms with Crippen LogP contribution in [0.15, 0.2) is 60.6 Å². The first-order chi connectivity index (χ1) is 11.2. The van der Waals surface area contributed by atoms with Gasteiger partial charge in [0.15, 0.2) is 0 Å². The molecule has 23 heavy (non-hydrogen) atoms. The molecule has 0 aliphatic heterocycles. The van der Waals surface area contributed by atoms with Gasteiger partial charge >= 0.3 is 0 Å². The van der Waals surface area contributed by atoms with Gasteiger partial charge in [0, 0.05) is 29.5 Å². The average molecular weight is 300 g/mol. The summed E-state index contributed by atoms with van der Waals surface area (Å²) in [7, 11) is 0. The summed E-state index contributed by atoms with van der Waals surface area (Å²) < 4.78 is 0. The first-order valence-corrected chi connectivity index (χ1v) is 6.90. The Labute approximate surface area is 132 Å². The van der Waals surface area contributed by atoms with Crippen LogP contribution in [-0.2, 0) is 4.79 Å². The molecule has 2 N–H and O–H groups in total. The van der Waals surface area contributed by atoms with Gasteiger partial charge in [-0.3, -0.25) is 14.8 Å². The van der Waals surface area contributed by atoms with E-state index in [1.165, 1.54) is 6.08 Å². The monoisotopic (exact) mass is 300 g/mol. The number of nitrogens with two attached hydrogens (primary N) is 1. The summed E-state index contributed by atoms with van der Waals surface area (Å²) in [4.78, 5) is 19.8. The summed E-state index contributed by atoms with van der Waals surface area (Å²) in [5.74, 6) is -0.744. The maximum Gasteiger partial charge on any atom is 0.259 e. The minimum Gasteiger partial charge on any atom is -0.365 e. The van der Waals surface area contributed by atoms with E-state index < -0.39 is 5.91 Å². The molecular formula is C18H12N4O. The standard InChI is InChI=1S/C18H12N4O/c19-9-15(18(20)23)8-12-3-1-4-13(7-12)16-11-21-10-14-5-2-6-22-17(14)16/h1-8,10-11H,(H2,20,23)/b15-8+. The lowest BCUT2D eigenvalue weighted by molar-refractivity contribution is -0.114. The van der Waals surface area contributed by atoms with E-state index in [4.69, 9.17) is 11.0 Å². The summed E-state index contributed by atoms with van der Waals surface area (Å²) >= 11 is 0. The third-order valence-electron chi connectivity index (χ3n) is 3.41. The largest absolute Gasteiger partial charge is 0.365 e. The zero-order valence-electron chi connectivity index (χ0n) is 12.1. The highest BCUT2D eigenvalue weighted by molar-refractivity contribution is 6.01. The second-order valence-corrected chi connectivity index (χ2v) is 4.92. The third-order valence-corrected chi connectivity index (χ3v) is 3.41. The van der Waals surface area contributed by atoms with Crippen LogP contribution in [0.1, 0.15) is 5.56 Å². The summed E-state index contributed by atoms with van der Waals surface area (Å²) in [6.07, 6.45) is 6.71. The Morgan fingerprint density at radius 2 is 2.09 bits per heavy atom. The van der Waals surface area contributed by atoms with Crippen molar-refractivity contribution in [2.24, 2.45) is 5.73 Å². The smallest absolute Gasteiger partial charge is 0.259 e. The minimum atomic E-state index is -0.744. The van der Waals surface area contributed by atoms with Crippen molar-refractivity contribution >= 4 is 22.9 Å². The molecule has 5 heteroatoms. The van der Waals surface area contributed by atoms with Gasteiger partial charge in [0.25, 0.3) is 5.91 Å². The van der Waals surface area contributed by atoms with Crippen LogP contribution in [0.4, 0.5) is 0 Å². The SMILES string of the molecule is N#C/C(=C\c1cccc(-c2cncc3cccnc23)c1)C(N)=O. The quantitative estimate of drug-likeness (QED) is 0.594. The molecule has 2 heterocycles. The maximum absolute atomic E-state index is 11.2. The van der Waals surface area contributed by atoms with Crippen molar-refractivity contribution in [3.8, 4) is 17.2 Å². The number of primary amides is 1. The van der Waals surface area contributed by atoms with E-state index in [-0.39, 0.29) is 5.57 Å². The lowest BCUT2D eigenvalue weighted by Gasteiger charge is -2.06. The van der Waals surface area contributed by atoms with Crippen LogP contribution in [0, 0.1) is 11.3 Å². The minimum absolute atomic E-state index is 0.0867. The van der Waals surface area contributed by atoms with E-state index >= 15 is 0 Å². The van der Waals surface area contributed by atoms with Crippen LogP contribution in [-0.4, -0.2) is 15.9 Å². The van der Waals surface area contributed by atoms with Gasteiger partial charge in [-0.15, -0.1) is 0 Å². The number of fused-ring (bicyclic) bond motifs is 1. The van der Waals surface area contributed by atoms with Gasteiger partial charge in [-0.1, -0.05) is 18.2 Å². The zero-order chi connectivity index (χ0) is 16.2. The molecule has 0 saturated carbocycles. The fourth-order valence-corrected chi connectivity index (χ4v) is 2.33. The molecule has 1 aromatic carbocycles. The molecule has 0 radical (unpaired) electrons. The molecule has 5 nitrogen and oxygen atoms in total. The average Bonchev–Trinajstić information content (AvgIpc) is 2.59. The molecule has 110 valence electrons. The Balaban J connectivity index is 2.13. The number of rotatable bonds is 3. The first-order valence-electron chi connectivity index (χ1n) is 6.90. The van der Waals surface area contributed by atoms with Crippen molar-refractivity contribution in [2.45, 2.75) is 0 Å². The first kappa shape index (κ1) is 14.4. The normalized spacial score (nSPS) is 11.2. The van der Waals surface area contributed by atoms with Crippen LogP contribution in [0.2, 0.25) is 0 Å². The number of carbonyl (C=O) groups excluding carboxylic acids is 1. The van der Waals surface area contributed by atoms with Crippen LogP contribution >= 0.6 is 0 Å². The van der Waals surface area contributed by atoms with Crippen LogP contribution in [0.25, 0.3) is 28.1 Å².